The van der Waals surface area contributed by atoms with Gasteiger partial charge in [0.05, 0.1) is 18.3 Å². The van der Waals surface area contributed by atoms with Crippen LogP contribution in [0.4, 0.5) is 5.69 Å². The number of Topliss-reactive ketones (excluding diaryl/α,β-unsaturated/α-hetero) is 1. The van der Waals surface area contributed by atoms with Crippen LogP contribution < -0.4 is 10.9 Å². The number of benzene rings is 1. The van der Waals surface area contributed by atoms with Crippen molar-refractivity contribution in [2.75, 3.05) is 11.9 Å². The third-order valence-corrected chi connectivity index (χ3v) is 5.71. The van der Waals surface area contributed by atoms with Crippen molar-refractivity contribution in [3.8, 4) is 0 Å². The Hall–Kier alpha value is -3.33. The molecule has 30 heavy (non-hydrogen) atoms. The summed E-state index contributed by atoms with van der Waals surface area (Å²) in [6.07, 6.45) is 1.44. The summed E-state index contributed by atoms with van der Waals surface area (Å²) in [5, 5.41) is 3.10. The minimum atomic E-state index is -0.473. The average molecular weight is 427 g/mol. The van der Waals surface area contributed by atoms with Crippen molar-refractivity contribution in [3.63, 3.8) is 0 Å². The molecule has 0 bridgehead atoms. The van der Waals surface area contributed by atoms with E-state index in [0.717, 1.165) is 11.3 Å². The van der Waals surface area contributed by atoms with Crippen LogP contribution in [0.3, 0.4) is 0 Å². The maximum atomic E-state index is 12.8. The fourth-order valence-electron chi connectivity index (χ4n) is 2.94. The molecule has 0 saturated carbocycles. The fourth-order valence-corrected chi connectivity index (χ4v) is 3.98. The van der Waals surface area contributed by atoms with E-state index in [2.05, 4.69) is 10.3 Å². The van der Waals surface area contributed by atoms with E-state index in [1.807, 2.05) is 0 Å². The predicted octanol–water partition coefficient (Wildman–Crippen LogP) is 3.17. The molecule has 0 radical (unpaired) electrons. The molecule has 9 heteroatoms. The number of hydrogen-bond acceptors (Lipinski definition) is 7. The lowest BCUT2D eigenvalue weighted by Crippen LogP contribution is -2.23. The van der Waals surface area contributed by atoms with Gasteiger partial charge in [-0.1, -0.05) is 0 Å². The molecule has 0 aliphatic heterocycles. The summed E-state index contributed by atoms with van der Waals surface area (Å²) in [7, 11) is 0. The summed E-state index contributed by atoms with van der Waals surface area (Å²) in [4.78, 5) is 53.5. The fraction of sp³-hybridized carbons (Fsp3) is 0.286. The molecule has 0 aliphatic rings. The van der Waals surface area contributed by atoms with E-state index in [9.17, 15) is 19.2 Å². The third-order valence-electron chi connectivity index (χ3n) is 4.53. The number of rotatable bonds is 7. The van der Waals surface area contributed by atoms with Crippen LogP contribution >= 0.6 is 11.3 Å². The maximum Gasteiger partial charge on any atom is 0.348 e. The lowest BCUT2D eigenvalue weighted by Gasteiger charge is -2.07. The number of thiophene rings is 1. The van der Waals surface area contributed by atoms with Crippen molar-refractivity contribution >= 4 is 44.9 Å². The molecule has 3 rings (SSSR count). The number of ether oxygens (including phenoxy) is 1. The lowest BCUT2D eigenvalue weighted by atomic mass is 10.1. The zero-order chi connectivity index (χ0) is 21.8. The van der Waals surface area contributed by atoms with Gasteiger partial charge in [-0.05, 0) is 50.6 Å². The summed E-state index contributed by atoms with van der Waals surface area (Å²) in [6.45, 7) is 5.27. The second kappa shape index (κ2) is 9.00. The summed E-state index contributed by atoms with van der Waals surface area (Å²) in [6, 6.07) is 6.58. The van der Waals surface area contributed by atoms with Crippen LogP contribution in [0.25, 0.3) is 10.2 Å². The Morgan fingerprint density at radius 1 is 1.20 bits per heavy atom. The Morgan fingerprint density at radius 2 is 1.90 bits per heavy atom. The van der Waals surface area contributed by atoms with Crippen LogP contribution in [0, 0.1) is 6.92 Å². The molecule has 0 spiro atoms. The smallest absolute Gasteiger partial charge is 0.348 e. The number of esters is 1. The number of anilines is 1. The van der Waals surface area contributed by atoms with Crippen LogP contribution in [0.2, 0.25) is 0 Å². The monoisotopic (exact) mass is 427 g/mol. The molecule has 156 valence electrons. The molecule has 1 amide bonds. The number of amides is 1. The van der Waals surface area contributed by atoms with Gasteiger partial charge in [-0.3, -0.25) is 19.0 Å². The molecule has 1 N–H and O–H groups in total. The first-order chi connectivity index (χ1) is 14.3. The Bertz CT molecular complexity index is 1180. The van der Waals surface area contributed by atoms with Gasteiger partial charge in [-0.2, -0.15) is 0 Å². The summed E-state index contributed by atoms with van der Waals surface area (Å²) in [5.74, 6) is -0.795. The SMILES string of the molecule is CCOC(=O)c1sc2ncn(CCC(=O)Nc3ccc(C(C)=O)cc3)c(=O)c2c1C. The Balaban J connectivity index is 1.72. The van der Waals surface area contributed by atoms with Gasteiger partial charge in [-0.25, -0.2) is 9.78 Å². The third kappa shape index (κ3) is 4.46. The molecule has 3 aromatic rings. The van der Waals surface area contributed by atoms with Gasteiger partial charge in [0.25, 0.3) is 5.56 Å². The topological polar surface area (TPSA) is 107 Å². The Labute approximate surface area is 176 Å². The first-order valence-corrected chi connectivity index (χ1v) is 10.2. The summed E-state index contributed by atoms with van der Waals surface area (Å²) in [5.41, 5.74) is 1.36. The van der Waals surface area contributed by atoms with Crippen LogP contribution in [0.5, 0.6) is 0 Å². The minimum absolute atomic E-state index is 0.0509. The van der Waals surface area contributed by atoms with Crippen LogP contribution in [0.1, 0.15) is 45.9 Å². The zero-order valence-electron chi connectivity index (χ0n) is 16.9. The van der Waals surface area contributed by atoms with E-state index in [1.54, 1.807) is 38.1 Å². The van der Waals surface area contributed by atoms with E-state index < -0.39 is 5.97 Å². The number of carbonyl (C=O) groups excluding carboxylic acids is 3. The Morgan fingerprint density at radius 3 is 2.53 bits per heavy atom. The van der Waals surface area contributed by atoms with Crippen molar-refractivity contribution < 1.29 is 19.1 Å². The van der Waals surface area contributed by atoms with Crippen molar-refractivity contribution in [1.82, 2.24) is 9.55 Å². The van der Waals surface area contributed by atoms with Crippen molar-refractivity contribution in [2.24, 2.45) is 0 Å². The molecular formula is C21H21N3O5S. The molecule has 8 nitrogen and oxygen atoms in total. The van der Waals surface area contributed by atoms with Crippen LogP contribution in [0.15, 0.2) is 35.4 Å². The summed E-state index contributed by atoms with van der Waals surface area (Å²) < 4.78 is 6.38. The molecule has 2 heterocycles. The minimum Gasteiger partial charge on any atom is -0.462 e. The molecule has 0 aliphatic carbocycles. The molecule has 0 atom stereocenters. The highest BCUT2D eigenvalue weighted by molar-refractivity contribution is 7.20. The van der Waals surface area contributed by atoms with E-state index in [1.165, 1.54) is 17.8 Å². The highest BCUT2D eigenvalue weighted by Gasteiger charge is 2.20. The van der Waals surface area contributed by atoms with E-state index >= 15 is 0 Å². The molecule has 0 saturated heterocycles. The average Bonchev–Trinajstić information content (AvgIpc) is 3.05. The van der Waals surface area contributed by atoms with Gasteiger partial charge in [0, 0.05) is 24.2 Å². The number of fused-ring (bicyclic) bond motifs is 1. The maximum absolute atomic E-state index is 12.8. The molecular weight excluding hydrogens is 406 g/mol. The van der Waals surface area contributed by atoms with E-state index in [-0.39, 0.29) is 36.8 Å². The number of nitrogens with zero attached hydrogens (tertiary/aromatic N) is 2. The Kier molecular flexibility index (Phi) is 6.41. The van der Waals surface area contributed by atoms with E-state index in [4.69, 9.17) is 4.74 Å². The molecule has 0 fully saturated rings. The van der Waals surface area contributed by atoms with Gasteiger partial charge < -0.3 is 10.1 Å². The first-order valence-electron chi connectivity index (χ1n) is 9.38. The van der Waals surface area contributed by atoms with Crippen LogP contribution in [-0.2, 0) is 16.1 Å². The summed E-state index contributed by atoms with van der Waals surface area (Å²) >= 11 is 1.12. The standard InChI is InChI=1S/C21H21N3O5S/c1-4-29-21(28)18-12(2)17-19(30-18)22-11-24(20(17)27)10-9-16(26)23-15-7-5-14(6-8-15)13(3)25/h5-8,11H,4,9-10H2,1-3H3,(H,23,26). The normalized spacial score (nSPS) is 10.8. The van der Waals surface area contributed by atoms with Crippen molar-refractivity contribution in [1.29, 1.82) is 0 Å². The van der Waals surface area contributed by atoms with Gasteiger partial charge in [0.15, 0.2) is 5.78 Å². The second-order valence-corrected chi connectivity index (χ2v) is 7.63. The molecule has 0 unspecified atom stereocenters. The van der Waals surface area contributed by atoms with Crippen molar-refractivity contribution in [3.05, 3.63) is 57.0 Å². The number of aryl methyl sites for hydroxylation is 2. The van der Waals surface area contributed by atoms with E-state index in [0.29, 0.717) is 31.9 Å². The quantitative estimate of drug-likeness (QED) is 0.458. The number of aromatic nitrogens is 2. The van der Waals surface area contributed by atoms with Gasteiger partial charge >= 0.3 is 5.97 Å². The number of hydrogen-bond donors (Lipinski definition) is 1. The highest BCUT2D eigenvalue weighted by atomic mass is 32.1. The second-order valence-electron chi connectivity index (χ2n) is 6.63. The largest absolute Gasteiger partial charge is 0.462 e. The molecule has 2 aromatic heterocycles. The first kappa shape index (κ1) is 21.4. The number of ketones is 1. The predicted molar refractivity (Wildman–Crippen MR) is 114 cm³/mol. The van der Waals surface area contributed by atoms with Crippen molar-refractivity contribution in [2.45, 2.75) is 33.7 Å². The number of carbonyl (C=O) groups is 3. The van der Waals surface area contributed by atoms with Crippen LogP contribution in [-0.4, -0.2) is 33.8 Å². The van der Waals surface area contributed by atoms with Gasteiger partial charge in [-0.15, -0.1) is 11.3 Å². The number of nitrogens with one attached hydrogen (secondary N) is 1. The lowest BCUT2D eigenvalue weighted by molar-refractivity contribution is -0.116. The zero-order valence-corrected chi connectivity index (χ0v) is 17.7. The van der Waals surface area contributed by atoms with Gasteiger partial charge in [0.2, 0.25) is 5.91 Å². The van der Waals surface area contributed by atoms with Gasteiger partial charge in [0.1, 0.15) is 9.71 Å². The molecule has 1 aromatic carbocycles. The highest BCUT2D eigenvalue weighted by Crippen LogP contribution is 2.27.